The van der Waals surface area contributed by atoms with E-state index in [-0.39, 0.29) is 11.6 Å². The molecule has 0 radical (unpaired) electrons. The summed E-state index contributed by atoms with van der Waals surface area (Å²) in [7, 11) is -3.56. The molecule has 1 heterocycles. The number of nitrogens with one attached hydrogen (secondary N) is 1. The maximum absolute atomic E-state index is 12.2. The molecule has 0 aromatic heterocycles. The Morgan fingerprint density at radius 2 is 2.11 bits per heavy atom. The second-order valence-corrected chi connectivity index (χ2v) is 6.49. The Morgan fingerprint density at radius 1 is 1.37 bits per heavy atom. The van der Waals surface area contributed by atoms with E-state index in [0.29, 0.717) is 18.7 Å². The lowest BCUT2D eigenvalue weighted by Crippen LogP contribution is -2.40. The minimum absolute atomic E-state index is 0.0386. The van der Waals surface area contributed by atoms with Gasteiger partial charge in [0.05, 0.1) is 11.3 Å². The molecule has 1 fully saturated rings. The highest BCUT2D eigenvalue weighted by Gasteiger charge is 2.34. The van der Waals surface area contributed by atoms with E-state index in [9.17, 15) is 13.2 Å². The average molecular weight is 282 g/mol. The molecule has 7 heteroatoms. The molecular weight excluding hydrogens is 268 g/mol. The number of carbonyl (C=O) groups is 1. The number of anilines is 1. The van der Waals surface area contributed by atoms with Crippen molar-refractivity contribution in [3.63, 3.8) is 0 Å². The van der Waals surface area contributed by atoms with Gasteiger partial charge in [-0.3, -0.25) is 4.31 Å². The lowest BCUT2D eigenvalue weighted by Gasteiger charge is -2.20. The van der Waals surface area contributed by atoms with Crippen LogP contribution in [0.3, 0.4) is 0 Å². The normalized spacial score (nSPS) is 18.4. The SMILES string of the molecule is O=C(O)c1ccc2c(c1)N(S(=O)(=O)NC1CC1)CC2. The molecule has 3 rings (SSSR count). The van der Waals surface area contributed by atoms with Crippen LogP contribution in [0.1, 0.15) is 28.8 Å². The van der Waals surface area contributed by atoms with E-state index >= 15 is 0 Å². The third kappa shape index (κ3) is 2.31. The van der Waals surface area contributed by atoms with Crippen LogP contribution >= 0.6 is 0 Å². The number of carboxylic acid groups (broad SMARTS) is 1. The van der Waals surface area contributed by atoms with E-state index in [1.807, 2.05) is 0 Å². The summed E-state index contributed by atoms with van der Waals surface area (Å²) < 4.78 is 28.3. The van der Waals surface area contributed by atoms with E-state index in [1.54, 1.807) is 6.07 Å². The Kier molecular flexibility index (Phi) is 2.75. The van der Waals surface area contributed by atoms with Gasteiger partial charge < -0.3 is 5.11 Å². The number of benzene rings is 1. The number of nitrogens with zero attached hydrogens (tertiary/aromatic N) is 1. The lowest BCUT2D eigenvalue weighted by molar-refractivity contribution is 0.0697. The molecule has 0 spiro atoms. The van der Waals surface area contributed by atoms with Gasteiger partial charge in [0.25, 0.3) is 0 Å². The zero-order valence-electron chi connectivity index (χ0n) is 10.2. The van der Waals surface area contributed by atoms with E-state index in [0.717, 1.165) is 18.4 Å². The molecule has 0 unspecified atom stereocenters. The molecule has 1 aromatic rings. The van der Waals surface area contributed by atoms with E-state index in [4.69, 9.17) is 5.11 Å². The van der Waals surface area contributed by atoms with Crippen LogP contribution in [0.2, 0.25) is 0 Å². The molecule has 1 aliphatic heterocycles. The topological polar surface area (TPSA) is 86.7 Å². The van der Waals surface area contributed by atoms with Gasteiger partial charge in [0, 0.05) is 12.6 Å². The third-order valence-electron chi connectivity index (χ3n) is 3.37. The molecule has 102 valence electrons. The molecular formula is C12H14N2O4S. The van der Waals surface area contributed by atoms with Crippen molar-refractivity contribution in [2.45, 2.75) is 25.3 Å². The van der Waals surface area contributed by atoms with Crippen molar-refractivity contribution < 1.29 is 18.3 Å². The van der Waals surface area contributed by atoms with Gasteiger partial charge in [-0.1, -0.05) is 6.07 Å². The number of rotatable bonds is 4. The summed E-state index contributed by atoms with van der Waals surface area (Å²) in [5, 5.41) is 8.98. The van der Waals surface area contributed by atoms with Gasteiger partial charge in [0.15, 0.2) is 0 Å². The van der Waals surface area contributed by atoms with Crippen molar-refractivity contribution in [2.24, 2.45) is 0 Å². The Balaban J connectivity index is 1.95. The Morgan fingerprint density at radius 3 is 2.74 bits per heavy atom. The summed E-state index contributed by atoms with van der Waals surface area (Å²) >= 11 is 0. The second kappa shape index (κ2) is 4.21. The van der Waals surface area contributed by atoms with Gasteiger partial charge in [-0.05, 0) is 37.0 Å². The first-order valence-electron chi connectivity index (χ1n) is 6.13. The van der Waals surface area contributed by atoms with Gasteiger partial charge >= 0.3 is 16.2 Å². The van der Waals surface area contributed by atoms with Crippen molar-refractivity contribution in [2.75, 3.05) is 10.8 Å². The highest BCUT2D eigenvalue weighted by atomic mass is 32.2. The first-order chi connectivity index (χ1) is 8.97. The minimum Gasteiger partial charge on any atom is -0.478 e. The molecule has 1 aromatic carbocycles. The summed E-state index contributed by atoms with van der Waals surface area (Å²) in [5.41, 5.74) is 1.45. The molecule has 19 heavy (non-hydrogen) atoms. The van der Waals surface area contributed by atoms with Crippen molar-refractivity contribution in [1.82, 2.24) is 4.72 Å². The van der Waals surface area contributed by atoms with E-state index in [1.165, 1.54) is 16.4 Å². The van der Waals surface area contributed by atoms with Crippen molar-refractivity contribution in [3.05, 3.63) is 29.3 Å². The van der Waals surface area contributed by atoms with Gasteiger partial charge in [-0.15, -0.1) is 0 Å². The number of hydrogen-bond donors (Lipinski definition) is 2. The fourth-order valence-corrected chi connectivity index (χ4v) is 3.75. The molecule has 0 bridgehead atoms. The maximum Gasteiger partial charge on any atom is 0.335 e. The fourth-order valence-electron chi connectivity index (χ4n) is 2.21. The third-order valence-corrected chi connectivity index (χ3v) is 4.96. The molecule has 1 saturated carbocycles. The second-order valence-electron chi connectivity index (χ2n) is 4.87. The van der Waals surface area contributed by atoms with Gasteiger partial charge in [0.2, 0.25) is 0 Å². The first-order valence-corrected chi connectivity index (χ1v) is 7.57. The standard InChI is InChI=1S/C12H14N2O4S/c15-12(16)9-2-1-8-5-6-14(11(8)7-9)19(17,18)13-10-3-4-10/h1-2,7,10,13H,3-6H2,(H,15,16). The van der Waals surface area contributed by atoms with Crippen molar-refractivity contribution in [3.8, 4) is 0 Å². The van der Waals surface area contributed by atoms with Crippen LogP contribution in [0.15, 0.2) is 18.2 Å². The summed E-state index contributed by atoms with van der Waals surface area (Å²) in [6.45, 7) is 0.362. The van der Waals surface area contributed by atoms with Crippen molar-refractivity contribution in [1.29, 1.82) is 0 Å². The largest absolute Gasteiger partial charge is 0.478 e. The molecule has 2 aliphatic rings. The molecule has 2 N–H and O–H groups in total. The molecule has 0 amide bonds. The Hall–Kier alpha value is -1.60. The first kappa shape index (κ1) is 12.4. The molecule has 0 atom stereocenters. The van der Waals surface area contributed by atoms with Crippen LogP contribution in [0.4, 0.5) is 5.69 Å². The molecule has 6 nitrogen and oxygen atoms in total. The summed E-state index contributed by atoms with van der Waals surface area (Å²) in [4.78, 5) is 11.0. The fraction of sp³-hybridized carbons (Fsp3) is 0.417. The zero-order chi connectivity index (χ0) is 13.6. The highest BCUT2D eigenvalue weighted by Crippen LogP contribution is 2.32. The van der Waals surface area contributed by atoms with Crippen molar-refractivity contribution >= 4 is 21.9 Å². The van der Waals surface area contributed by atoms with Crippen LogP contribution in [0, 0.1) is 0 Å². The van der Waals surface area contributed by atoms with Crippen LogP contribution < -0.4 is 9.03 Å². The zero-order valence-corrected chi connectivity index (χ0v) is 11.0. The number of fused-ring (bicyclic) bond motifs is 1. The Bertz CT molecular complexity index is 637. The molecule has 0 saturated heterocycles. The van der Waals surface area contributed by atoms with E-state index in [2.05, 4.69) is 4.72 Å². The predicted molar refractivity (Wildman–Crippen MR) is 69.5 cm³/mol. The number of aromatic carboxylic acids is 1. The predicted octanol–water partition coefficient (Wildman–Crippen LogP) is 0.744. The summed E-state index contributed by atoms with van der Waals surface area (Å²) in [6, 6.07) is 4.66. The smallest absolute Gasteiger partial charge is 0.335 e. The lowest BCUT2D eigenvalue weighted by atomic mass is 10.1. The monoisotopic (exact) mass is 282 g/mol. The van der Waals surface area contributed by atoms with E-state index < -0.39 is 16.2 Å². The van der Waals surface area contributed by atoms with Gasteiger partial charge in [-0.25, -0.2) is 4.79 Å². The van der Waals surface area contributed by atoms with Crippen LogP contribution in [0.5, 0.6) is 0 Å². The highest BCUT2D eigenvalue weighted by molar-refractivity contribution is 7.90. The average Bonchev–Trinajstić information content (AvgIpc) is 3.04. The van der Waals surface area contributed by atoms with Gasteiger partial charge in [0.1, 0.15) is 0 Å². The summed E-state index contributed by atoms with van der Waals surface area (Å²) in [6.07, 6.45) is 2.35. The number of hydrogen-bond acceptors (Lipinski definition) is 3. The van der Waals surface area contributed by atoms with Crippen LogP contribution in [-0.4, -0.2) is 32.1 Å². The minimum atomic E-state index is -3.56. The number of carboxylic acids is 1. The van der Waals surface area contributed by atoms with Gasteiger partial charge in [-0.2, -0.15) is 13.1 Å². The summed E-state index contributed by atoms with van der Waals surface area (Å²) in [5.74, 6) is -1.05. The molecule has 1 aliphatic carbocycles. The van der Waals surface area contributed by atoms with Crippen LogP contribution in [0.25, 0.3) is 0 Å². The maximum atomic E-state index is 12.2. The van der Waals surface area contributed by atoms with Crippen LogP contribution in [-0.2, 0) is 16.6 Å². The quantitative estimate of drug-likeness (QED) is 0.853. The Labute approximate surface area is 111 Å².